The van der Waals surface area contributed by atoms with E-state index in [0.29, 0.717) is 30.5 Å². The maximum absolute atomic E-state index is 9.92. The van der Waals surface area contributed by atoms with Gasteiger partial charge in [0.05, 0.1) is 6.61 Å². The van der Waals surface area contributed by atoms with Gasteiger partial charge in [0.2, 0.25) is 0 Å². The predicted octanol–water partition coefficient (Wildman–Crippen LogP) is 1.47. The van der Waals surface area contributed by atoms with Crippen LogP contribution in [0.15, 0.2) is 24.3 Å². The van der Waals surface area contributed by atoms with Crippen LogP contribution in [0.5, 0.6) is 5.75 Å². The third-order valence-electron chi connectivity index (χ3n) is 3.57. The van der Waals surface area contributed by atoms with Gasteiger partial charge in [-0.1, -0.05) is 17.7 Å². The summed E-state index contributed by atoms with van der Waals surface area (Å²) in [6.07, 6.45) is 0.270. The van der Waals surface area contributed by atoms with Crippen molar-refractivity contribution < 1.29 is 19.3 Å². The minimum absolute atomic E-state index is 0.212. The first-order chi connectivity index (χ1) is 10.1. The summed E-state index contributed by atoms with van der Waals surface area (Å²) in [7, 11) is 1.69. The summed E-state index contributed by atoms with van der Waals surface area (Å²) in [5.41, 5.74) is -0.270. The van der Waals surface area contributed by atoms with Crippen LogP contribution in [0.2, 0.25) is 5.02 Å². The minimum Gasteiger partial charge on any atom is -0.491 e. The Labute approximate surface area is 130 Å². The lowest BCUT2D eigenvalue weighted by Crippen LogP contribution is -2.45. The molecule has 0 radical (unpaired) electrons. The zero-order chi connectivity index (χ0) is 15.1. The fourth-order valence-electron chi connectivity index (χ4n) is 2.24. The summed E-state index contributed by atoms with van der Waals surface area (Å²) in [4.78, 5) is 0. The molecule has 1 saturated heterocycles. The molecule has 1 aliphatic rings. The van der Waals surface area contributed by atoms with E-state index in [4.69, 9.17) is 25.8 Å². The van der Waals surface area contributed by atoms with Crippen LogP contribution in [0.1, 0.15) is 6.42 Å². The lowest BCUT2D eigenvalue weighted by atomic mass is 10.0. The van der Waals surface area contributed by atoms with E-state index in [0.717, 1.165) is 13.0 Å². The van der Waals surface area contributed by atoms with E-state index < -0.39 is 6.10 Å². The van der Waals surface area contributed by atoms with Crippen LogP contribution in [-0.4, -0.2) is 56.8 Å². The Kier molecular flexibility index (Phi) is 6.26. The average Bonchev–Trinajstić information content (AvgIpc) is 2.95. The zero-order valence-corrected chi connectivity index (χ0v) is 12.9. The van der Waals surface area contributed by atoms with Crippen molar-refractivity contribution in [3.63, 3.8) is 0 Å². The summed E-state index contributed by atoms with van der Waals surface area (Å²) in [6, 6.07) is 7.12. The highest BCUT2D eigenvalue weighted by molar-refractivity contribution is 6.30. The van der Waals surface area contributed by atoms with Crippen molar-refractivity contribution in [2.75, 3.05) is 40.0 Å². The Balaban J connectivity index is 1.66. The number of aliphatic hydroxyl groups excluding tert-OH is 1. The lowest BCUT2D eigenvalue weighted by molar-refractivity contribution is -0.0180. The van der Waals surface area contributed by atoms with E-state index in [1.807, 2.05) is 12.1 Å². The maximum atomic E-state index is 9.92. The molecule has 2 rings (SSSR count). The van der Waals surface area contributed by atoms with Crippen molar-refractivity contribution in [2.45, 2.75) is 18.1 Å². The summed E-state index contributed by atoms with van der Waals surface area (Å²) in [6.45, 7) is 2.61. The Hall–Kier alpha value is -0.850. The second-order valence-corrected chi connectivity index (χ2v) is 5.68. The number of ether oxygens (including phenoxy) is 3. The number of rotatable bonds is 8. The van der Waals surface area contributed by atoms with Gasteiger partial charge in [-0.3, -0.25) is 0 Å². The van der Waals surface area contributed by atoms with Gasteiger partial charge in [-0.15, -0.1) is 0 Å². The minimum atomic E-state index is -0.597. The number of aliphatic hydroxyl groups is 1. The Morgan fingerprint density at radius 3 is 3.05 bits per heavy atom. The molecule has 0 amide bonds. The van der Waals surface area contributed by atoms with Crippen molar-refractivity contribution in [1.29, 1.82) is 0 Å². The lowest BCUT2D eigenvalue weighted by Gasteiger charge is -2.26. The quantitative estimate of drug-likeness (QED) is 0.761. The molecule has 1 aliphatic heterocycles. The van der Waals surface area contributed by atoms with Gasteiger partial charge < -0.3 is 24.6 Å². The van der Waals surface area contributed by atoms with Crippen molar-refractivity contribution in [1.82, 2.24) is 5.32 Å². The van der Waals surface area contributed by atoms with Crippen LogP contribution in [-0.2, 0) is 9.47 Å². The van der Waals surface area contributed by atoms with Crippen LogP contribution in [0, 0.1) is 0 Å². The van der Waals surface area contributed by atoms with E-state index in [2.05, 4.69) is 5.32 Å². The molecule has 21 heavy (non-hydrogen) atoms. The van der Waals surface area contributed by atoms with Gasteiger partial charge in [-0.25, -0.2) is 0 Å². The molecular formula is C15H22ClNO4. The standard InChI is InChI=1S/C15H22ClNO4/c1-19-15(5-6-20-11-15)10-17-8-13(18)9-21-14-4-2-3-12(16)7-14/h2-4,7,13,17-18H,5-6,8-11H2,1H3. The fraction of sp³-hybridized carbons (Fsp3) is 0.600. The Bertz CT molecular complexity index is 437. The molecule has 1 aromatic rings. The van der Waals surface area contributed by atoms with Gasteiger partial charge in [-0.05, 0) is 18.2 Å². The molecule has 2 atom stereocenters. The molecule has 0 saturated carbocycles. The molecule has 0 bridgehead atoms. The molecule has 6 heteroatoms. The van der Waals surface area contributed by atoms with Gasteiger partial charge >= 0.3 is 0 Å². The largest absolute Gasteiger partial charge is 0.491 e. The van der Waals surface area contributed by atoms with E-state index in [9.17, 15) is 5.11 Å². The molecule has 1 fully saturated rings. The third kappa shape index (κ3) is 5.13. The van der Waals surface area contributed by atoms with Crippen LogP contribution in [0.3, 0.4) is 0 Å². The van der Waals surface area contributed by atoms with Crippen molar-refractivity contribution in [3.8, 4) is 5.75 Å². The first-order valence-electron chi connectivity index (χ1n) is 7.04. The van der Waals surface area contributed by atoms with E-state index in [1.54, 1.807) is 19.2 Å². The van der Waals surface area contributed by atoms with Crippen LogP contribution < -0.4 is 10.1 Å². The summed E-state index contributed by atoms with van der Waals surface area (Å²) in [5, 5.41) is 13.7. The molecular weight excluding hydrogens is 294 g/mol. The van der Waals surface area contributed by atoms with Crippen LogP contribution in [0.4, 0.5) is 0 Å². The normalized spacial score (nSPS) is 23.2. The molecule has 5 nitrogen and oxygen atoms in total. The number of halogens is 1. The van der Waals surface area contributed by atoms with Gasteiger partial charge in [0.15, 0.2) is 0 Å². The first kappa shape index (κ1) is 16.5. The zero-order valence-electron chi connectivity index (χ0n) is 12.2. The summed E-state index contributed by atoms with van der Waals surface area (Å²) in [5.74, 6) is 0.652. The van der Waals surface area contributed by atoms with E-state index in [1.165, 1.54) is 0 Å². The van der Waals surface area contributed by atoms with Crippen molar-refractivity contribution >= 4 is 11.6 Å². The van der Waals surface area contributed by atoms with Gasteiger partial charge in [0.25, 0.3) is 0 Å². The molecule has 0 spiro atoms. The second kappa shape index (κ2) is 7.96. The van der Waals surface area contributed by atoms with E-state index in [-0.39, 0.29) is 12.2 Å². The molecule has 0 aliphatic carbocycles. The fourth-order valence-corrected chi connectivity index (χ4v) is 2.42. The average molecular weight is 316 g/mol. The van der Waals surface area contributed by atoms with Crippen molar-refractivity contribution in [2.24, 2.45) is 0 Å². The Morgan fingerprint density at radius 2 is 2.38 bits per heavy atom. The Morgan fingerprint density at radius 1 is 1.52 bits per heavy atom. The monoisotopic (exact) mass is 315 g/mol. The topological polar surface area (TPSA) is 60.0 Å². The highest BCUT2D eigenvalue weighted by Crippen LogP contribution is 2.21. The van der Waals surface area contributed by atoms with E-state index >= 15 is 0 Å². The SMILES string of the molecule is COC1(CNCC(O)COc2cccc(Cl)c2)CCOC1. The van der Waals surface area contributed by atoms with Crippen molar-refractivity contribution in [3.05, 3.63) is 29.3 Å². The molecule has 1 heterocycles. The summed E-state index contributed by atoms with van der Waals surface area (Å²) >= 11 is 5.87. The molecule has 118 valence electrons. The van der Waals surface area contributed by atoms with Gasteiger partial charge in [0.1, 0.15) is 24.1 Å². The number of methoxy groups -OCH3 is 1. The molecule has 2 unspecified atom stereocenters. The smallest absolute Gasteiger partial charge is 0.120 e. The molecule has 0 aromatic heterocycles. The molecule has 2 N–H and O–H groups in total. The highest BCUT2D eigenvalue weighted by Gasteiger charge is 2.34. The maximum Gasteiger partial charge on any atom is 0.120 e. The van der Waals surface area contributed by atoms with Gasteiger partial charge in [-0.2, -0.15) is 0 Å². The summed E-state index contributed by atoms with van der Waals surface area (Å²) < 4.78 is 16.4. The number of hydrogen-bond donors (Lipinski definition) is 2. The molecule has 1 aromatic carbocycles. The van der Waals surface area contributed by atoms with Crippen LogP contribution >= 0.6 is 11.6 Å². The number of hydrogen-bond acceptors (Lipinski definition) is 5. The highest BCUT2D eigenvalue weighted by atomic mass is 35.5. The first-order valence-corrected chi connectivity index (χ1v) is 7.41. The number of benzene rings is 1. The second-order valence-electron chi connectivity index (χ2n) is 5.24. The van der Waals surface area contributed by atoms with Crippen LogP contribution in [0.25, 0.3) is 0 Å². The predicted molar refractivity (Wildman–Crippen MR) is 81.0 cm³/mol. The third-order valence-corrected chi connectivity index (χ3v) is 3.80. The van der Waals surface area contributed by atoms with Gasteiger partial charge in [0, 0.05) is 38.2 Å². The number of nitrogens with one attached hydrogen (secondary N) is 1.